The van der Waals surface area contributed by atoms with Crippen molar-refractivity contribution in [1.82, 2.24) is 10.6 Å². The van der Waals surface area contributed by atoms with E-state index in [-0.39, 0.29) is 11.4 Å². The van der Waals surface area contributed by atoms with Crippen LogP contribution in [0.25, 0.3) is 0 Å². The molecule has 0 heterocycles. The molecule has 1 rings (SSSR count). The van der Waals surface area contributed by atoms with Crippen molar-refractivity contribution in [2.24, 2.45) is 0 Å². The number of ether oxygens (including phenoxy) is 1. The van der Waals surface area contributed by atoms with Crippen LogP contribution >= 0.6 is 0 Å². The molecule has 0 unspecified atom stereocenters. The molecule has 0 saturated heterocycles. The maximum absolute atomic E-state index is 11.6. The third-order valence-electron chi connectivity index (χ3n) is 2.76. The van der Waals surface area contributed by atoms with Crippen molar-refractivity contribution in [3.63, 3.8) is 0 Å². The fraction of sp³-hybridized carbons (Fsp3) is 0.500. The molecule has 0 aliphatic heterocycles. The lowest BCUT2D eigenvalue weighted by Gasteiger charge is -2.20. The number of nitrogens with one attached hydrogen (secondary N) is 2. The number of nitriles is 1. The molecule has 0 bridgehead atoms. The lowest BCUT2D eigenvalue weighted by atomic mass is 10.1. The van der Waals surface area contributed by atoms with E-state index in [4.69, 9.17) is 10.00 Å². The number of hydrogen-bond acceptors (Lipinski definition) is 4. The van der Waals surface area contributed by atoms with Crippen molar-refractivity contribution in [2.75, 3.05) is 13.7 Å². The summed E-state index contributed by atoms with van der Waals surface area (Å²) in [5.74, 6) is 0.605. The highest BCUT2D eigenvalue weighted by Gasteiger charge is 2.12. The van der Waals surface area contributed by atoms with E-state index in [1.54, 1.807) is 19.2 Å². The molecule has 5 heteroatoms. The van der Waals surface area contributed by atoms with Crippen LogP contribution in [-0.2, 0) is 11.3 Å². The molecule has 0 aliphatic carbocycles. The first-order valence-corrected chi connectivity index (χ1v) is 6.94. The van der Waals surface area contributed by atoms with Crippen molar-refractivity contribution < 1.29 is 9.53 Å². The molecule has 21 heavy (non-hydrogen) atoms. The molecule has 1 aromatic rings. The minimum Gasteiger partial charge on any atom is -0.495 e. The van der Waals surface area contributed by atoms with Gasteiger partial charge in [-0.3, -0.25) is 4.79 Å². The number of benzene rings is 1. The number of carbonyl (C=O) groups excluding carboxylic acids is 1. The Morgan fingerprint density at radius 1 is 1.38 bits per heavy atom. The Labute approximate surface area is 126 Å². The van der Waals surface area contributed by atoms with Gasteiger partial charge in [-0.2, -0.15) is 5.26 Å². The first-order valence-electron chi connectivity index (χ1n) is 6.94. The van der Waals surface area contributed by atoms with Gasteiger partial charge in [-0.15, -0.1) is 0 Å². The number of hydrogen-bond donors (Lipinski definition) is 2. The molecule has 5 nitrogen and oxygen atoms in total. The normalized spacial score (nSPS) is 10.8. The van der Waals surface area contributed by atoms with Gasteiger partial charge in [0.1, 0.15) is 11.8 Å². The van der Waals surface area contributed by atoms with Crippen LogP contribution in [0.1, 0.15) is 38.3 Å². The van der Waals surface area contributed by atoms with Gasteiger partial charge in [0.2, 0.25) is 5.91 Å². The highest BCUT2D eigenvalue weighted by molar-refractivity contribution is 5.76. The fourth-order valence-corrected chi connectivity index (χ4v) is 1.87. The third kappa shape index (κ3) is 6.28. The average Bonchev–Trinajstić information content (AvgIpc) is 2.41. The van der Waals surface area contributed by atoms with E-state index in [0.717, 1.165) is 5.56 Å². The van der Waals surface area contributed by atoms with Gasteiger partial charge < -0.3 is 15.4 Å². The van der Waals surface area contributed by atoms with Crippen molar-refractivity contribution >= 4 is 5.91 Å². The van der Waals surface area contributed by atoms with E-state index >= 15 is 0 Å². The van der Waals surface area contributed by atoms with Crippen molar-refractivity contribution in [3.05, 3.63) is 29.3 Å². The summed E-state index contributed by atoms with van der Waals surface area (Å²) in [7, 11) is 1.54. The molecule has 0 fully saturated rings. The lowest BCUT2D eigenvalue weighted by Crippen LogP contribution is -2.41. The van der Waals surface area contributed by atoms with E-state index < -0.39 is 0 Å². The maximum atomic E-state index is 11.6. The third-order valence-corrected chi connectivity index (χ3v) is 2.76. The number of nitrogens with zero attached hydrogens (tertiary/aromatic N) is 1. The Balaban J connectivity index is 2.40. The highest BCUT2D eigenvalue weighted by atomic mass is 16.5. The largest absolute Gasteiger partial charge is 0.495 e. The van der Waals surface area contributed by atoms with Gasteiger partial charge >= 0.3 is 0 Å². The van der Waals surface area contributed by atoms with Gasteiger partial charge in [0, 0.05) is 25.0 Å². The summed E-state index contributed by atoms with van der Waals surface area (Å²) in [5, 5.41) is 15.1. The molecule has 0 aromatic heterocycles. The van der Waals surface area contributed by atoms with E-state index in [1.165, 1.54) is 0 Å². The molecule has 0 spiro atoms. The quantitative estimate of drug-likeness (QED) is 0.785. The van der Waals surface area contributed by atoms with E-state index in [2.05, 4.69) is 16.7 Å². The summed E-state index contributed by atoms with van der Waals surface area (Å²) in [6.45, 7) is 7.08. The number of methoxy groups -OCH3 is 1. The molecule has 0 aliphatic rings. The van der Waals surface area contributed by atoms with Crippen molar-refractivity contribution in [1.29, 1.82) is 5.26 Å². The second-order valence-corrected chi connectivity index (χ2v) is 5.87. The van der Waals surface area contributed by atoms with Gasteiger partial charge in [-0.1, -0.05) is 6.07 Å². The molecule has 0 atom stereocenters. The van der Waals surface area contributed by atoms with Gasteiger partial charge in [-0.05, 0) is 38.5 Å². The van der Waals surface area contributed by atoms with Crippen LogP contribution in [0.5, 0.6) is 5.75 Å². The summed E-state index contributed by atoms with van der Waals surface area (Å²) in [6, 6.07) is 7.58. The van der Waals surface area contributed by atoms with Crippen molar-refractivity contribution in [3.8, 4) is 11.8 Å². The number of amides is 1. The number of rotatable bonds is 6. The maximum Gasteiger partial charge on any atom is 0.221 e. The number of carbonyl (C=O) groups is 1. The molecule has 2 N–H and O–H groups in total. The monoisotopic (exact) mass is 289 g/mol. The zero-order valence-corrected chi connectivity index (χ0v) is 13.1. The zero-order chi connectivity index (χ0) is 15.9. The van der Waals surface area contributed by atoms with Gasteiger partial charge in [0.15, 0.2) is 0 Å². The summed E-state index contributed by atoms with van der Waals surface area (Å²) in [4.78, 5) is 11.6. The van der Waals surface area contributed by atoms with Gasteiger partial charge in [0.25, 0.3) is 0 Å². The molecule has 1 aromatic carbocycles. The Bertz CT molecular complexity index is 527. The predicted molar refractivity (Wildman–Crippen MR) is 81.9 cm³/mol. The molecule has 1 amide bonds. The topological polar surface area (TPSA) is 74.2 Å². The van der Waals surface area contributed by atoms with Crippen LogP contribution in [0.15, 0.2) is 18.2 Å². The standard InChI is InChI=1S/C16H23N3O2/c1-16(2,3)19-15(20)7-8-18-11-12-5-6-14(21-4)13(9-12)10-17/h5-6,9,18H,7-8,11H2,1-4H3,(H,19,20). The first kappa shape index (κ1) is 17.0. The second-order valence-electron chi connectivity index (χ2n) is 5.87. The predicted octanol–water partition coefficient (Wildman–Crippen LogP) is 1.96. The highest BCUT2D eigenvalue weighted by Crippen LogP contribution is 2.18. The summed E-state index contributed by atoms with van der Waals surface area (Å²) < 4.78 is 5.10. The fourth-order valence-electron chi connectivity index (χ4n) is 1.87. The molecular weight excluding hydrogens is 266 g/mol. The van der Waals surface area contributed by atoms with Crippen LogP contribution in [0.3, 0.4) is 0 Å². The first-order chi connectivity index (χ1) is 9.85. The minimum absolute atomic E-state index is 0.0300. The Morgan fingerprint density at radius 3 is 2.67 bits per heavy atom. The van der Waals surface area contributed by atoms with E-state index in [0.29, 0.717) is 30.8 Å². The molecule has 0 saturated carbocycles. The van der Waals surface area contributed by atoms with Crippen LogP contribution < -0.4 is 15.4 Å². The Kier molecular flexibility index (Phi) is 6.19. The zero-order valence-electron chi connectivity index (χ0n) is 13.1. The average molecular weight is 289 g/mol. The second kappa shape index (κ2) is 7.65. The van der Waals surface area contributed by atoms with Crippen molar-refractivity contribution in [2.45, 2.75) is 39.3 Å². The minimum atomic E-state index is -0.200. The molecule has 114 valence electrons. The SMILES string of the molecule is COc1ccc(CNCCC(=O)NC(C)(C)C)cc1C#N. The van der Waals surface area contributed by atoms with Crippen LogP contribution in [0, 0.1) is 11.3 Å². The van der Waals surface area contributed by atoms with Crippen LogP contribution in [-0.4, -0.2) is 25.1 Å². The smallest absolute Gasteiger partial charge is 0.221 e. The van der Waals surface area contributed by atoms with Crippen LogP contribution in [0.4, 0.5) is 0 Å². The van der Waals surface area contributed by atoms with Crippen LogP contribution in [0.2, 0.25) is 0 Å². The Morgan fingerprint density at radius 2 is 2.10 bits per heavy atom. The molecule has 0 radical (unpaired) electrons. The summed E-state index contributed by atoms with van der Waals surface area (Å²) >= 11 is 0. The Hall–Kier alpha value is -2.06. The van der Waals surface area contributed by atoms with Gasteiger partial charge in [0.05, 0.1) is 12.7 Å². The summed E-state index contributed by atoms with van der Waals surface area (Å²) in [6.07, 6.45) is 0.429. The lowest BCUT2D eigenvalue weighted by molar-refractivity contribution is -0.122. The van der Waals surface area contributed by atoms with Gasteiger partial charge in [-0.25, -0.2) is 0 Å². The molecular formula is C16H23N3O2. The summed E-state index contributed by atoms with van der Waals surface area (Å²) in [5.41, 5.74) is 1.31. The van der Waals surface area contributed by atoms with E-state index in [1.807, 2.05) is 26.8 Å². The van der Waals surface area contributed by atoms with E-state index in [9.17, 15) is 4.79 Å².